The Labute approximate surface area is 136 Å². The third kappa shape index (κ3) is 2.65. The minimum absolute atomic E-state index is 0.151. The summed E-state index contributed by atoms with van der Waals surface area (Å²) in [6.45, 7) is -0.151. The van der Waals surface area contributed by atoms with Crippen LogP contribution in [0.15, 0.2) is 57.5 Å². The highest BCUT2D eigenvalue weighted by molar-refractivity contribution is 9.10. The quantitative estimate of drug-likeness (QED) is 0.755. The molecule has 0 spiro atoms. The number of nitrogens with zero attached hydrogens (tertiary/aromatic N) is 1. The number of hydrogen-bond donors (Lipinski definition) is 1. The van der Waals surface area contributed by atoms with Crippen molar-refractivity contribution < 1.29 is 14.4 Å². The van der Waals surface area contributed by atoms with Crippen molar-refractivity contribution in [2.24, 2.45) is 0 Å². The van der Waals surface area contributed by atoms with Gasteiger partial charge in [-0.3, -0.25) is 0 Å². The highest BCUT2D eigenvalue weighted by atomic mass is 79.9. The van der Waals surface area contributed by atoms with E-state index < -0.39 is 0 Å². The van der Waals surface area contributed by atoms with Gasteiger partial charge in [0.2, 0.25) is 0 Å². The molecule has 0 bridgehead atoms. The number of hydrogen-bond acceptors (Lipinski definition) is 4. The number of aromatic nitrogens is 1. The van der Waals surface area contributed by atoms with Crippen LogP contribution in [0.2, 0.25) is 0 Å². The number of rotatable bonds is 4. The Morgan fingerprint density at radius 2 is 1.86 bits per heavy atom. The van der Waals surface area contributed by atoms with Gasteiger partial charge in [-0.2, -0.15) is 0 Å². The summed E-state index contributed by atoms with van der Waals surface area (Å²) in [5.74, 6) is 1.34. The van der Waals surface area contributed by atoms with E-state index in [0.717, 1.165) is 21.3 Å². The van der Waals surface area contributed by atoms with Gasteiger partial charge in [0, 0.05) is 15.6 Å². The summed E-state index contributed by atoms with van der Waals surface area (Å²) >= 11 is 3.49. The van der Waals surface area contributed by atoms with Crippen LogP contribution in [0.1, 0.15) is 5.56 Å². The Morgan fingerprint density at radius 1 is 1.14 bits per heavy atom. The molecule has 0 aliphatic carbocycles. The first-order valence-electron chi connectivity index (χ1n) is 6.73. The molecule has 0 saturated heterocycles. The van der Waals surface area contributed by atoms with E-state index in [1.807, 2.05) is 48.5 Å². The molecule has 1 aromatic heterocycles. The van der Waals surface area contributed by atoms with Gasteiger partial charge in [0.15, 0.2) is 5.76 Å². The molecule has 1 heterocycles. The van der Waals surface area contributed by atoms with Crippen molar-refractivity contribution in [3.63, 3.8) is 0 Å². The fraction of sp³-hybridized carbons (Fsp3) is 0.118. The molecule has 5 heteroatoms. The summed E-state index contributed by atoms with van der Waals surface area (Å²) in [5, 5.41) is 13.9. The molecule has 0 saturated carbocycles. The van der Waals surface area contributed by atoms with Crippen LogP contribution in [0.3, 0.4) is 0 Å². The fourth-order valence-corrected chi connectivity index (χ4v) is 2.75. The van der Waals surface area contributed by atoms with Gasteiger partial charge in [0.1, 0.15) is 11.4 Å². The predicted molar refractivity (Wildman–Crippen MR) is 87.5 cm³/mol. The van der Waals surface area contributed by atoms with Gasteiger partial charge in [0.05, 0.1) is 19.3 Å². The molecule has 0 unspecified atom stereocenters. The van der Waals surface area contributed by atoms with Crippen LogP contribution >= 0.6 is 15.9 Å². The molecule has 22 heavy (non-hydrogen) atoms. The monoisotopic (exact) mass is 359 g/mol. The van der Waals surface area contributed by atoms with Crippen molar-refractivity contribution in [3.05, 3.63) is 58.6 Å². The van der Waals surface area contributed by atoms with Crippen LogP contribution in [-0.4, -0.2) is 17.4 Å². The van der Waals surface area contributed by atoms with Crippen molar-refractivity contribution in [1.82, 2.24) is 5.16 Å². The van der Waals surface area contributed by atoms with Crippen LogP contribution in [0, 0.1) is 0 Å². The predicted octanol–water partition coefficient (Wildman–Crippen LogP) is 4.27. The maximum Gasteiger partial charge on any atom is 0.174 e. The lowest BCUT2D eigenvalue weighted by Gasteiger charge is -2.04. The Hall–Kier alpha value is -2.11. The second-order valence-electron chi connectivity index (χ2n) is 4.71. The van der Waals surface area contributed by atoms with E-state index in [4.69, 9.17) is 9.26 Å². The van der Waals surface area contributed by atoms with Crippen molar-refractivity contribution in [3.8, 4) is 28.3 Å². The van der Waals surface area contributed by atoms with Crippen LogP contribution in [-0.2, 0) is 6.61 Å². The molecule has 0 atom stereocenters. The Bertz CT molecular complexity index is 781. The summed E-state index contributed by atoms with van der Waals surface area (Å²) in [4.78, 5) is 0. The maximum absolute atomic E-state index is 9.76. The first kappa shape index (κ1) is 14.8. The zero-order valence-electron chi connectivity index (χ0n) is 11.9. The van der Waals surface area contributed by atoms with Gasteiger partial charge < -0.3 is 14.4 Å². The van der Waals surface area contributed by atoms with E-state index in [0.29, 0.717) is 17.0 Å². The lowest BCUT2D eigenvalue weighted by atomic mass is 10.0. The van der Waals surface area contributed by atoms with Crippen molar-refractivity contribution in [1.29, 1.82) is 0 Å². The number of benzene rings is 2. The highest BCUT2D eigenvalue weighted by Gasteiger charge is 2.19. The normalized spacial score (nSPS) is 10.7. The third-order valence-electron chi connectivity index (χ3n) is 3.43. The minimum atomic E-state index is -0.151. The molecule has 0 fully saturated rings. The van der Waals surface area contributed by atoms with Gasteiger partial charge in [-0.15, -0.1) is 0 Å². The van der Waals surface area contributed by atoms with Crippen LogP contribution < -0.4 is 4.74 Å². The van der Waals surface area contributed by atoms with Gasteiger partial charge >= 0.3 is 0 Å². The number of methoxy groups -OCH3 is 1. The fourth-order valence-electron chi connectivity index (χ4n) is 2.29. The van der Waals surface area contributed by atoms with Gasteiger partial charge in [-0.25, -0.2) is 0 Å². The lowest BCUT2D eigenvalue weighted by Crippen LogP contribution is -1.90. The Balaban J connectivity index is 2.09. The standard InChI is InChI=1S/C17H14BrNO3/c1-21-12-8-6-11(7-9-12)16-14(10-20)17(22-19-16)13-4-2-3-5-15(13)18/h2-9,20H,10H2,1H3. The van der Waals surface area contributed by atoms with E-state index >= 15 is 0 Å². The second kappa shape index (κ2) is 6.34. The summed E-state index contributed by atoms with van der Waals surface area (Å²) in [5.41, 5.74) is 3.03. The van der Waals surface area contributed by atoms with Crippen LogP contribution in [0.4, 0.5) is 0 Å². The average molecular weight is 360 g/mol. The van der Waals surface area contributed by atoms with Crippen LogP contribution in [0.5, 0.6) is 5.75 Å². The largest absolute Gasteiger partial charge is 0.497 e. The molecule has 0 amide bonds. The maximum atomic E-state index is 9.76. The van der Waals surface area contributed by atoms with E-state index in [-0.39, 0.29) is 6.61 Å². The summed E-state index contributed by atoms with van der Waals surface area (Å²) < 4.78 is 11.5. The second-order valence-corrected chi connectivity index (χ2v) is 5.56. The lowest BCUT2D eigenvalue weighted by molar-refractivity contribution is 0.281. The van der Waals surface area contributed by atoms with Crippen molar-refractivity contribution in [2.45, 2.75) is 6.61 Å². The first-order valence-corrected chi connectivity index (χ1v) is 7.52. The summed E-state index contributed by atoms with van der Waals surface area (Å²) in [7, 11) is 1.62. The number of ether oxygens (including phenoxy) is 1. The zero-order chi connectivity index (χ0) is 15.5. The molecule has 4 nitrogen and oxygen atoms in total. The van der Waals surface area contributed by atoms with E-state index in [2.05, 4.69) is 21.1 Å². The minimum Gasteiger partial charge on any atom is -0.497 e. The zero-order valence-corrected chi connectivity index (χ0v) is 13.5. The molecule has 3 rings (SSSR count). The topological polar surface area (TPSA) is 55.5 Å². The van der Waals surface area contributed by atoms with Gasteiger partial charge in [0.25, 0.3) is 0 Å². The summed E-state index contributed by atoms with van der Waals surface area (Å²) in [6, 6.07) is 15.2. The van der Waals surface area contributed by atoms with Crippen molar-refractivity contribution >= 4 is 15.9 Å². The molecule has 0 aliphatic rings. The molecule has 0 aliphatic heterocycles. The van der Waals surface area contributed by atoms with Crippen molar-refractivity contribution in [2.75, 3.05) is 7.11 Å². The molecular weight excluding hydrogens is 346 g/mol. The Kier molecular flexibility index (Phi) is 4.27. The molecule has 112 valence electrons. The molecule has 1 N–H and O–H groups in total. The number of aliphatic hydroxyl groups excluding tert-OH is 1. The number of halogens is 1. The SMILES string of the molecule is COc1ccc(-c2noc(-c3ccccc3Br)c2CO)cc1. The van der Waals surface area contributed by atoms with E-state index in [1.54, 1.807) is 7.11 Å². The van der Waals surface area contributed by atoms with E-state index in [9.17, 15) is 5.11 Å². The smallest absolute Gasteiger partial charge is 0.174 e. The van der Waals surface area contributed by atoms with Gasteiger partial charge in [-0.1, -0.05) is 33.2 Å². The molecule has 0 radical (unpaired) electrons. The first-order chi connectivity index (χ1) is 10.7. The average Bonchev–Trinajstić information content (AvgIpc) is 2.99. The third-order valence-corrected chi connectivity index (χ3v) is 4.12. The molecular formula is C17H14BrNO3. The van der Waals surface area contributed by atoms with Crippen LogP contribution in [0.25, 0.3) is 22.6 Å². The summed E-state index contributed by atoms with van der Waals surface area (Å²) in [6.07, 6.45) is 0. The highest BCUT2D eigenvalue weighted by Crippen LogP contribution is 2.36. The molecule has 3 aromatic rings. The number of aliphatic hydroxyl groups is 1. The molecule has 2 aromatic carbocycles. The van der Waals surface area contributed by atoms with E-state index in [1.165, 1.54) is 0 Å². The Morgan fingerprint density at radius 3 is 2.50 bits per heavy atom. The van der Waals surface area contributed by atoms with Gasteiger partial charge in [-0.05, 0) is 36.4 Å².